The Bertz CT molecular complexity index is 1030. The summed E-state index contributed by atoms with van der Waals surface area (Å²) in [6, 6.07) is 6.65. The number of carbonyl (C=O) groups excluding carboxylic acids is 1. The Morgan fingerprint density at radius 3 is 2.59 bits per heavy atom. The number of sulfonamides is 1. The number of esters is 1. The van der Waals surface area contributed by atoms with Crippen LogP contribution < -0.4 is 0 Å². The molecule has 0 radical (unpaired) electrons. The number of hydrogen-bond donors (Lipinski definition) is 0. The molecule has 3 heterocycles. The summed E-state index contributed by atoms with van der Waals surface area (Å²) in [5.74, 6) is 0.376. The molecule has 0 bridgehead atoms. The van der Waals surface area contributed by atoms with Gasteiger partial charge >= 0.3 is 5.97 Å². The number of morpholine rings is 1. The van der Waals surface area contributed by atoms with Crippen LogP contribution in [0.3, 0.4) is 0 Å². The average Bonchev–Trinajstić information content (AvgIpc) is 3.48. The number of thioether (sulfide) groups is 1. The van der Waals surface area contributed by atoms with Crippen molar-refractivity contribution in [1.29, 1.82) is 0 Å². The highest BCUT2D eigenvalue weighted by atomic mass is 32.2. The van der Waals surface area contributed by atoms with Gasteiger partial charge in [0.1, 0.15) is 0 Å². The molecular formula is C20H26N4O6S2. The highest BCUT2D eigenvalue weighted by Gasteiger charge is 2.27. The molecule has 1 atom stereocenters. The van der Waals surface area contributed by atoms with Crippen LogP contribution in [0.25, 0.3) is 11.4 Å². The van der Waals surface area contributed by atoms with Crippen molar-refractivity contribution in [3.05, 3.63) is 24.3 Å². The Kier molecular flexibility index (Phi) is 7.46. The fourth-order valence-electron chi connectivity index (χ4n) is 3.66. The minimum absolute atomic E-state index is 0.0446. The third-order valence-corrected chi connectivity index (χ3v) is 8.25. The quantitative estimate of drug-likeness (QED) is 0.407. The van der Waals surface area contributed by atoms with Crippen LogP contribution in [0.4, 0.5) is 0 Å². The van der Waals surface area contributed by atoms with E-state index in [0.29, 0.717) is 43.8 Å². The van der Waals surface area contributed by atoms with Crippen LogP contribution in [-0.4, -0.2) is 85.3 Å². The van der Waals surface area contributed by atoms with Crippen molar-refractivity contribution in [2.45, 2.75) is 35.5 Å². The molecule has 10 nitrogen and oxygen atoms in total. The summed E-state index contributed by atoms with van der Waals surface area (Å²) in [4.78, 5) is 11.8. The van der Waals surface area contributed by atoms with Crippen LogP contribution in [-0.2, 0) is 35.6 Å². The van der Waals surface area contributed by atoms with E-state index in [9.17, 15) is 13.2 Å². The second-order valence-electron chi connectivity index (χ2n) is 7.46. The molecule has 0 spiro atoms. The molecule has 174 valence electrons. The zero-order valence-electron chi connectivity index (χ0n) is 17.8. The second kappa shape index (κ2) is 10.3. The molecular weight excluding hydrogens is 456 g/mol. The minimum Gasteiger partial charge on any atom is -0.468 e. The van der Waals surface area contributed by atoms with Crippen LogP contribution in [0.5, 0.6) is 0 Å². The van der Waals surface area contributed by atoms with Gasteiger partial charge in [-0.05, 0) is 37.1 Å². The van der Waals surface area contributed by atoms with Gasteiger partial charge in [-0.3, -0.25) is 9.36 Å². The fourth-order valence-corrected chi connectivity index (χ4v) is 5.85. The normalized spacial score (nSPS) is 19.8. The standard InChI is InChI=1S/C20H26N4O6S2/c1-28-18(25)14-31-20-22-21-19(24(20)13-16-3-2-10-30-16)15-4-6-17(7-5-15)32(26,27)23-8-11-29-12-9-23/h4-7,16H,2-3,8-14H2,1H3/t16-/m1/s1. The maximum atomic E-state index is 12.9. The lowest BCUT2D eigenvalue weighted by molar-refractivity contribution is -0.137. The summed E-state index contributed by atoms with van der Waals surface area (Å²) in [6.07, 6.45) is 1.99. The molecule has 2 aromatic rings. The van der Waals surface area contributed by atoms with Gasteiger partial charge in [-0.25, -0.2) is 8.42 Å². The van der Waals surface area contributed by atoms with E-state index in [1.165, 1.54) is 23.2 Å². The molecule has 32 heavy (non-hydrogen) atoms. The zero-order chi connectivity index (χ0) is 22.6. The second-order valence-corrected chi connectivity index (χ2v) is 10.3. The van der Waals surface area contributed by atoms with E-state index < -0.39 is 10.0 Å². The van der Waals surface area contributed by atoms with Crippen molar-refractivity contribution >= 4 is 27.8 Å². The van der Waals surface area contributed by atoms with Crippen LogP contribution in [0, 0.1) is 0 Å². The number of rotatable bonds is 8. The Morgan fingerprint density at radius 2 is 1.94 bits per heavy atom. The van der Waals surface area contributed by atoms with E-state index in [2.05, 4.69) is 10.2 Å². The smallest absolute Gasteiger partial charge is 0.316 e. The number of benzene rings is 1. The first-order valence-electron chi connectivity index (χ1n) is 10.4. The van der Waals surface area contributed by atoms with Crippen LogP contribution >= 0.6 is 11.8 Å². The molecule has 4 rings (SSSR count). The van der Waals surface area contributed by atoms with Crippen molar-refractivity contribution in [2.75, 3.05) is 45.8 Å². The number of aromatic nitrogens is 3. The summed E-state index contributed by atoms with van der Waals surface area (Å²) < 4.78 is 44.9. The van der Waals surface area contributed by atoms with Crippen molar-refractivity contribution in [3.8, 4) is 11.4 Å². The van der Waals surface area contributed by atoms with E-state index >= 15 is 0 Å². The number of carbonyl (C=O) groups is 1. The molecule has 2 aliphatic rings. The number of nitrogens with zero attached hydrogens (tertiary/aromatic N) is 4. The van der Waals surface area contributed by atoms with E-state index in [1.807, 2.05) is 4.57 Å². The number of ether oxygens (including phenoxy) is 3. The third-order valence-electron chi connectivity index (χ3n) is 5.39. The average molecular weight is 483 g/mol. The van der Waals surface area contributed by atoms with Crippen LogP contribution in [0.2, 0.25) is 0 Å². The van der Waals surface area contributed by atoms with Gasteiger partial charge < -0.3 is 14.2 Å². The van der Waals surface area contributed by atoms with Gasteiger partial charge in [0.25, 0.3) is 0 Å². The van der Waals surface area contributed by atoms with Gasteiger partial charge in [0.2, 0.25) is 10.0 Å². The largest absolute Gasteiger partial charge is 0.468 e. The predicted molar refractivity (Wildman–Crippen MR) is 117 cm³/mol. The zero-order valence-corrected chi connectivity index (χ0v) is 19.4. The molecule has 0 amide bonds. The van der Waals surface area contributed by atoms with Gasteiger partial charge in [-0.2, -0.15) is 4.31 Å². The molecule has 2 aliphatic heterocycles. The lowest BCUT2D eigenvalue weighted by Gasteiger charge is -2.26. The van der Waals surface area contributed by atoms with Crippen molar-refractivity contribution in [2.24, 2.45) is 0 Å². The third kappa shape index (κ3) is 5.15. The Morgan fingerprint density at radius 1 is 1.19 bits per heavy atom. The van der Waals surface area contributed by atoms with Crippen LogP contribution in [0.15, 0.2) is 34.3 Å². The van der Waals surface area contributed by atoms with Gasteiger partial charge in [-0.1, -0.05) is 11.8 Å². The highest BCUT2D eigenvalue weighted by molar-refractivity contribution is 7.99. The molecule has 1 aromatic carbocycles. The highest BCUT2D eigenvalue weighted by Crippen LogP contribution is 2.28. The maximum Gasteiger partial charge on any atom is 0.316 e. The van der Waals surface area contributed by atoms with Gasteiger partial charge in [0, 0.05) is 25.3 Å². The van der Waals surface area contributed by atoms with E-state index in [4.69, 9.17) is 14.2 Å². The summed E-state index contributed by atoms with van der Waals surface area (Å²) in [5.41, 5.74) is 0.737. The van der Waals surface area contributed by atoms with E-state index in [1.54, 1.807) is 24.3 Å². The maximum absolute atomic E-state index is 12.9. The van der Waals surface area contributed by atoms with Gasteiger partial charge in [-0.15, -0.1) is 10.2 Å². The van der Waals surface area contributed by atoms with Crippen molar-refractivity contribution in [1.82, 2.24) is 19.1 Å². The summed E-state index contributed by atoms with van der Waals surface area (Å²) in [6.45, 7) is 2.77. The molecule has 2 fully saturated rings. The minimum atomic E-state index is -3.57. The molecule has 12 heteroatoms. The number of hydrogen-bond acceptors (Lipinski definition) is 9. The van der Waals surface area contributed by atoms with Crippen LogP contribution in [0.1, 0.15) is 12.8 Å². The van der Waals surface area contributed by atoms with Crippen molar-refractivity contribution in [3.63, 3.8) is 0 Å². The molecule has 0 saturated carbocycles. The van der Waals surface area contributed by atoms with Crippen molar-refractivity contribution < 1.29 is 27.4 Å². The lowest BCUT2D eigenvalue weighted by Crippen LogP contribution is -2.40. The van der Waals surface area contributed by atoms with Gasteiger partial charge in [0.15, 0.2) is 11.0 Å². The summed E-state index contributed by atoms with van der Waals surface area (Å²) >= 11 is 1.25. The Hall–Kier alpha value is -1.99. The molecule has 0 N–H and O–H groups in total. The SMILES string of the molecule is COC(=O)CSc1nnc(-c2ccc(S(=O)(=O)N3CCOCC3)cc2)n1C[C@H]1CCCO1. The fraction of sp³-hybridized carbons (Fsp3) is 0.550. The monoisotopic (exact) mass is 482 g/mol. The topological polar surface area (TPSA) is 113 Å². The van der Waals surface area contributed by atoms with E-state index in [-0.39, 0.29) is 22.7 Å². The van der Waals surface area contributed by atoms with E-state index in [0.717, 1.165) is 25.0 Å². The predicted octanol–water partition coefficient (Wildman–Crippen LogP) is 1.41. The Balaban J connectivity index is 1.59. The lowest BCUT2D eigenvalue weighted by atomic mass is 10.2. The Labute approximate surface area is 191 Å². The summed E-state index contributed by atoms with van der Waals surface area (Å²) in [7, 11) is -2.23. The molecule has 0 aliphatic carbocycles. The first kappa shape index (κ1) is 23.2. The number of methoxy groups -OCH3 is 1. The van der Waals surface area contributed by atoms with Gasteiger partial charge in [0.05, 0.1) is 43.6 Å². The molecule has 1 aromatic heterocycles. The first-order chi connectivity index (χ1) is 15.5. The first-order valence-corrected chi connectivity index (χ1v) is 12.8. The molecule has 0 unspecified atom stereocenters. The summed E-state index contributed by atoms with van der Waals surface area (Å²) in [5, 5.41) is 9.17. The molecule has 2 saturated heterocycles.